The first-order chi connectivity index (χ1) is 11.4. The lowest BCUT2D eigenvalue weighted by molar-refractivity contribution is -0.121. The molecule has 0 aliphatic rings. The van der Waals surface area contributed by atoms with Crippen LogP contribution in [0.25, 0.3) is 0 Å². The Kier molecular flexibility index (Phi) is 6.39. The lowest BCUT2D eigenvalue weighted by Crippen LogP contribution is -2.34. The Labute approximate surface area is 141 Å². The Morgan fingerprint density at radius 1 is 1.21 bits per heavy atom. The Hall–Kier alpha value is -2.32. The number of pyridine rings is 2. The largest absolute Gasteiger partial charge is 0.352 e. The van der Waals surface area contributed by atoms with E-state index in [2.05, 4.69) is 15.3 Å². The van der Waals surface area contributed by atoms with E-state index in [1.165, 1.54) is 4.31 Å². The van der Waals surface area contributed by atoms with E-state index >= 15 is 0 Å². The van der Waals surface area contributed by atoms with E-state index in [0.29, 0.717) is 12.2 Å². The van der Waals surface area contributed by atoms with E-state index < -0.39 is 10.0 Å². The fourth-order valence-electron chi connectivity index (χ4n) is 2.05. The summed E-state index contributed by atoms with van der Waals surface area (Å²) < 4.78 is 25.0. The molecule has 2 aromatic rings. The van der Waals surface area contributed by atoms with Crippen LogP contribution in [0.5, 0.6) is 0 Å². The van der Waals surface area contributed by atoms with Crippen molar-refractivity contribution < 1.29 is 13.2 Å². The van der Waals surface area contributed by atoms with Gasteiger partial charge in [-0.2, -0.15) is 4.31 Å². The number of hydrogen-bond donors (Lipinski definition) is 1. The summed E-state index contributed by atoms with van der Waals surface area (Å²) in [5, 5.41) is 2.75. The van der Waals surface area contributed by atoms with Crippen LogP contribution in [-0.4, -0.2) is 41.4 Å². The highest BCUT2D eigenvalue weighted by molar-refractivity contribution is 7.88. The van der Waals surface area contributed by atoms with Gasteiger partial charge in [-0.25, -0.2) is 8.42 Å². The van der Waals surface area contributed by atoms with Crippen LogP contribution in [0.3, 0.4) is 0 Å². The minimum absolute atomic E-state index is 0.0835. The standard InChI is InChI=1S/C16H20N4O3S/c1-24(22,23)20(13-15-6-2-3-9-18-15)10-7-16(21)19-12-14-5-4-8-17-11-14/h2-6,8-9,11H,7,10,12-13H2,1H3,(H,19,21). The van der Waals surface area contributed by atoms with Crippen molar-refractivity contribution in [3.05, 3.63) is 60.2 Å². The summed E-state index contributed by atoms with van der Waals surface area (Å²) in [4.78, 5) is 20.0. The smallest absolute Gasteiger partial charge is 0.221 e. The molecular weight excluding hydrogens is 328 g/mol. The van der Waals surface area contributed by atoms with Gasteiger partial charge in [-0.05, 0) is 23.8 Å². The lowest BCUT2D eigenvalue weighted by Gasteiger charge is -2.19. The van der Waals surface area contributed by atoms with E-state index in [4.69, 9.17) is 0 Å². The molecule has 0 bridgehead atoms. The first-order valence-electron chi connectivity index (χ1n) is 7.46. The summed E-state index contributed by atoms with van der Waals surface area (Å²) in [7, 11) is -3.42. The molecule has 2 aromatic heterocycles. The van der Waals surface area contributed by atoms with Crippen LogP contribution < -0.4 is 5.32 Å². The van der Waals surface area contributed by atoms with Crippen molar-refractivity contribution in [1.29, 1.82) is 0 Å². The average molecular weight is 348 g/mol. The van der Waals surface area contributed by atoms with Gasteiger partial charge < -0.3 is 5.32 Å². The monoisotopic (exact) mass is 348 g/mol. The molecule has 1 amide bonds. The van der Waals surface area contributed by atoms with Crippen LogP contribution in [0.1, 0.15) is 17.7 Å². The van der Waals surface area contributed by atoms with Crippen molar-refractivity contribution in [2.24, 2.45) is 0 Å². The van der Waals surface area contributed by atoms with Crippen LogP contribution in [0.2, 0.25) is 0 Å². The van der Waals surface area contributed by atoms with Crippen LogP contribution >= 0.6 is 0 Å². The van der Waals surface area contributed by atoms with Gasteiger partial charge in [0, 0.05) is 38.1 Å². The summed E-state index contributed by atoms with van der Waals surface area (Å²) in [6, 6.07) is 8.96. The normalized spacial score (nSPS) is 11.4. The Balaban J connectivity index is 1.87. The maximum absolute atomic E-state index is 11.9. The highest BCUT2D eigenvalue weighted by Gasteiger charge is 2.18. The maximum Gasteiger partial charge on any atom is 0.221 e. The van der Waals surface area contributed by atoms with Crippen molar-refractivity contribution in [3.63, 3.8) is 0 Å². The summed E-state index contributed by atoms with van der Waals surface area (Å²) in [5.74, 6) is -0.214. The number of nitrogens with one attached hydrogen (secondary N) is 1. The fourth-order valence-corrected chi connectivity index (χ4v) is 2.84. The van der Waals surface area contributed by atoms with Gasteiger partial charge in [0.25, 0.3) is 0 Å². The SMILES string of the molecule is CS(=O)(=O)N(CCC(=O)NCc1cccnc1)Cc1ccccn1. The molecule has 0 saturated carbocycles. The van der Waals surface area contributed by atoms with Crippen LogP contribution in [0.15, 0.2) is 48.9 Å². The number of carbonyl (C=O) groups is 1. The molecule has 0 atom stereocenters. The molecule has 7 nitrogen and oxygen atoms in total. The third-order valence-corrected chi connectivity index (χ3v) is 4.58. The summed E-state index contributed by atoms with van der Waals surface area (Å²) >= 11 is 0. The maximum atomic E-state index is 11.9. The zero-order valence-electron chi connectivity index (χ0n) is 13.4. The van der Waals surface area contributed by atoms with Crippen LogP contribution in [-0.2, 0) is 27.9 Å². The van der Waals surface area contributed by atoms with Crippen molar-refractivity contribution >= 4 is 15.9 Å². The minimum Gasteiger partial charge on any atom is -0.352 e. The van der Waals surface area contributed by atoms with Gasteiger partial charge in [0.2, 0.25) is 15.9 Å². The molecule has 8 heteroatoms. The molecule has 0 aliphatic heterocycles. The topological polar surface area (TPSA) is 92.3 Å². The number of rotatable bonds is 8. The first kappa shape index (κ1) is 18.0. The predicted molar refractivity (Wildman–Crippen MR) is 90.2 cm³/mol. The average Bonchev–Trinajstić information content (AvgIpc) is 2.57. The van der Waals surface area contributed by atoms with Crippen LogP contribution in [0.4, 0.5) is 0 Å². The molecule has 0 fully saturated rings. The molecule has 24 heavy (non-hydrogen) atoms. The molecule has 2 rings (SSSR count). The second-order valence-corrected chi connectivity index (χ2v) is 7.29. The van der Waals surface area contributed by atoms with Gasteiger partial charge in [0.15, 0.2) is 0 Å². The highest BCUT2D eigenvalue weighted by Crippen LogP contribution is 2.07. The third kappa shape index (κ3) is 6.05. The van der Waals surface area contributed by atoms with Gasteiger partial charge in [0.05, 0.1) is 18.5 Å². The fraction of sp³-hybridized carbons (Fsp3) is 0.312. The van der Waals surface area contributed by atoms with E-state index in [9.17, 15) is 13.2 Å². The molecule has 0 radical (unpaired) electrons. The minimum atomic E-state index is -3.42. The molecule has 128 valence electrons. The molecule has 0 aliphatic carbocycles. The first-order valence-corrected chi connectivity index (χ1v) is 9.30. The highest BCUT2D eigenvalue weighted by atomic mass is 32.2. The molecule has 0 aromatic carbocycles. The number of sulfonamides is 1. The zero-order valence-corrected chi connectivity index (χ0v) is 14.2. The molecule has 0 spiro atoms. The van der Waals surface area contributed by atoms with Gasteiger partial charge in [-0.3, -0.25) is 14.8 Å². The Morgan fingerprint density at radius 2 is 2.04 bits per heavy atom. The van der Waals surface area contributed by atoms with Gasteiger partial charge in [-0.15, -0.1) is 0 Å². The zero-order chi connectivity index (χ0) is 17.4. The van der Waals surface area contributed by atoms with Crippen molar-refractivity contribution in [2.75, 3.05) is 12.8 Å². The van der Waals surface area contributed by atoms with E-state index in [-0.39, 0.29) is 25.4 Å². The molecule has 1 N–H and O–H groups in total. The number of carbonyl (C=O) groups excluding carboxylic acids is 1. The predicted octanol–water partition coefficient (Wildman–Crippen LogP) is 0.945. The van der Waals surface area contributed by atoms with Crippen molar-refractivity contribution in [2.45, 2.75) is 19.5 Å². The van der Waals surface area contributed by atoms with E-state index in [1.807, 2.05) is 6.07 Å². The van der Waals surface area contributed by atoms with Gasteiger partial charge >= 0.3 is 0 Å². The molecule has 0 unspecified atom stereocenters. The second-order valence-electron chi connectivity index (χ2n) is 5.31. The van der Waals surface area contributed by atoms with Crippen molar-refractivity contribution in [3.8, 4) is 0 Å². The summed E-state index contributed by atoms with van der Waals surface area (Å²) in [5.41, 5.74) is 1.53. The number of amides is 1. The molecular formula is C16H20N4O3S. The number of hydrogen-bond acceptors (Lipinski definition) is 5. The summed E-state index contributed by atoms with van der Waals surface area (Å²) in [6.07, 6.45) is 6.15. The van der Waals surface area contributed by atoms with Gasteiger partial charge in [-0.1, -0.05) is 12.1 Å². The Morgan fingerprint density at radius 3 is 2.67 bits per heavy atom. The number of aromatic nitrogens is 2. The Bertz CT molecular complexity index is 751. The lowest BCUT2D eigenvalue weighted by atomic mass is 10.3. The van der Waals surface area contributed by atoms with Crippen LogP contribution in [0, 0.1) is 0 Å². The van der Waals surface area contributed by atoms with E-state index in [0.717, 1.165) is 11.8 Å². The second kappa shape index (κ2) is 8.51. The quantitative estimate of drug-likeness (QED) is 0.767. The van der Waals surface area contributed by atoms with Gasteiger partial charge in [0.1, 0.15) is 0 Å². The number of nitrogens with zero attached hydrogens (tertiary/aromatic N) is 3. The van der Waals surface area contributed by atoms with E-state index in [1.54, 1.807) is 42.9 Å². The summed E-state index contributed by atoms with van der Waals surface area (Å²) in [6.45, 7) is 0.621. The molecule has 0 saturated heterocycles. The molecule has 2 heterocycles. The third-order valence-electron chi connectivity index (χ3n) is 3.33. The van der Waals surface area contributed by atoms with Crippen molar-refractivity contribution in [1.82, 2.24) is 19.6 Å².